The second kappa shape index (κ2) is 4.67. The number of hydrogen-bond donors (Lipinski definition) is 0. The lowest BCUT2D eigenvalue weighted by Crippen LogP contribution is -2.08. The van der Waals surface area contributed by atoms with Gasteiger partial charge in [-0.3, -0.25) is 4.79 Å². The highest BCUT2D eigenvalue weighted by atomic mass is 19.4. The average Bonchev–Trinajstić information content (AvgIpc) is 2.28. The molecule has 0 saturated heterocycles. The minimum atomic E-state index is -4.63. The third kappa shape index (κ3) is 2.61. The van der Waals surface area contributed by atoms with E-state index in [2.05, 4.69) is 0 Å². The van der Waals surface area contributed by atoms with Crippen LogP contribution in [0.15, 0.2) is 12.1 Å². The SMILES string of the molecule is N#CCc1c(C#N)cc(C(F)(F)F)cc1C=O. The van der Waals surface area contributed by atoms with Crippen LogP contribution < -0.4 is 0 Å². The van der Waals surface area contributed by atoms with E-state index in [1.165, 1.54) is 0 Å². The van der Waals surface area contributed by atoms with E-state index in [1.54, 1.807) is 12.1 Å². The predicted molar refractivity (Wildman–Crippen MR) is 50.9 cm³/mol. The van der Waals surface area contributed by atoms with Crippen LogP contribution in [0.3, 0.4) is 0 Å². The van der Waals surface area contributed by atoms with E-state index >= 15 is 0 Å². The van der Waals surface area contributed by atoms with Gasteiger partial charge in [-0.2, -0.15) is 23.7 Å². The molecule has 0 bridgehead atoms. The fourth-order valence-corrected chi connectivity index (χ4v) is 1.34. The Hall–Kier alpha value is -2.34. The maximum absolute atomic E-state index is 12.4. The molecule has 0 aliphatic rings. The van der Waals surface area contributed by atoms with Gasteiger partial charge in [0, 0.05) is 5.56 Å². The number of aldehydes is 1. The van der Waals surface area contributed by atoms with Gasteiger partial charge in [-0.25, -0.2) is 0 Å². The zero-order chi connectivity index (χ0) is 13.1. The molecule has 0 aromatic heterocycles. The van der Waals surface area contributed by atoms with Gasteiger partial charge in [-0.1, -0.05) is 0 Å². The molecule has 1 aromatic carbocycles. The van der Waals surface area contributed by atoms with E-state index in [4.69, 9.17) is 10.5 Å². The minimum absolute atomic E-state index is 0.0259. The second-order valence-corrected chi connectivity index (χ2v) is 3.15. The van der Waals surface area contributed by atoms with Crippen LogP contribution in [0.25, 0.3) is 0 Å². The van der Waals surface area contributed by atoms with Crippen LogP contribution in [0.2, 0.25) is 0 Å². The van der Waals surface area contributed by atoms with Crippen molar-refractivity contribution in [1.82, 2.24) is 0 Å². The standard InChI is InChI=1S/C11H5F3N2O/c12-11(13,14)9-3-7(5-16)10(1-2-15)8(4-9)6-17/h3-4,6H,1H2. The van der Waals surface area contributed by atoms with Crippen LogP contribution in [0, 0.1) is 22.7 Å². The minimum Gasteiger partial charge on any atom is -0.298 e. The van der Waals surface area contributed by atoms with Gasteiger partial charge in [0.2, 0.25) is 0 Å². The average molecular weight is 238 g/mol. The number of nitrogens with zero attached hydrogens (tertiary/aromatic N) is 2. The highest BCUT2D eigenvalue weighted by Gasteiger charge is 2.32. The van der Waals surface area contributed by atoms with Gasteiger partial charge in [0.1, 0.15) is 6.29 Å². The molecule has 1 aromatic rings. The maximum Gasteiger partial charge on any atom is 0.416 e. The largest absolute Gasteiger partial charge is 0.416 e. The number of halogens is 3. The Morgan fingerprint density at radius 1 is 1.29 bits per heavy atom. The quantitative estimate of drug-likeness (QED) is 0.743. The lowest BCUT2D eigenvalue weighted by Gasteiger charge is -2.10. The number of benzene rings is 1. The summed E-state index contributed by atoms with van der Waals surface area (Å²) in [6.07, 6.45) is -4.70. The normalized spacial score (nSPS) is 10.4. The summed E-state index contributed by atoms with van der Waals surface area (Å²) in [4.78, 5) is 10.7. The van der Waals surface area contributed by atoms with E-state index in [1.807, 2.05) is 0 Å². The first-order chi connectivity index (χ1) is 7.93. The van der Waals surface area contributed by atoms with Gasteiger partial charge in [-0.15, -0.1) is 0 Å². The Morgan fingerprint density at radius 2 is 1.94 bits per heavy atom. The van der Waals surface area contributed by atoms with Crippen molar-refractivity contribution in [3.8, 4) is 12.1 Å². The number of alkyl halides is 3. The monoisotopic (exact) mass is 238 g/mol. The summed E-state index contributed by atoms with van der Waals surface area (Å²) in [6.45, 7) is 0. The molecule has 0 heterocycles. The van der Waals surface area contributed by atoms with Crippen molar-refractivity contribution in [2.45, 2.75) is 12.6 Å². The van der Waals surface area contributed by atoms with E-state index in [9.17, 15) is 18.0 Å². The molecule has 6 heteroatoms. The first kappa shape index (κ1) is 12.7. The topological polar surface area (TPSA) is 64.7 Å². The van der Waals surface area contributed by atoms with Gasteiger partial charge in [0.15, 0.2) is 0 Å². The zero-order valence-electron chi connectivity index (χ0n) is 8.38. The molecule has 0 amide bonds. The van der Waals surface area contributed by atoms with Crippen molar-refractivity contribution < 1.29 is 18.0 Å². The highest BCUT2D eigenvalue weighted by molar-refractivity contribution is 5.79. The summed E-state index contributed by atoms with van der Waals surface area (Å²) in [5.41, 5.74) is -1.63. The van der Waals surface area contributed by atoms with Crippen molar-refractivity contribution in [2.24, 2.45) is 0 Å². The molecule has 0 saturated carbocycles. The van der Waals surface area contributed by atoms with E-state index in [0.29, 0.717) is 12.1 Å². The van der Waals surface area contributed by atoms with Crippen LogP contribution in [0.4, 0.5) is 13.2 Å². The third-order valence-electron chi connectivity index (χ3n) is 2.12. The number of rotatable bonds is 2. The molecule has 0 N–H and O–H groups in total. The summed E-state index contributed by atoms with van der Waals surface area (Å²) in [5, 5.41) is 17.2. The smallest absolute Gasteiger partial charge is 0.298 e. The number of nitriles is 2. The predicted octanol–water partition coefficient (Wildman–Crippen LogP) is 2.46. The molecule has 0 aliphatic heterocycles. The van der Waals surface area contributed by atoms with Crippen molar-refractivity contribution in [2.75, 3.05) is 0 Å². The number of hydrogen-bond acceptors (Lipinski definition) is 3. The molecule has 0 atom stereocenters. The van der Waals surface area contributed by atoms with Crippen LogP contribution in [-0.2, 0) is 12.6 Å². The summed E-state index contributed by atoms with van der Waals surface area (Å²) in [6, 6.07) is 4.54. The van der Waals surface area contributed by atoms with Crippen LogP contribution in [0.5, 0.6) is 0 Å². The molecular weight excluding hydrogens is 233 g/mol. The molecule has 0 radical (unpaired) electrons. The van der Waals surface area contributed by atoms with Gasteiger partial charge in [0.05, 0.1) is 29.7 Å². The molecule has 0 aliphatic carbocycles. The van der Waals surface area contributed by atoms with Crippen molar-refractivity contribution in [3.05, 3.63) is 34.4 Å². The van der Waals surface area contributed by atoms with Gasteiger partial charge < -0.3 is 0 Å². The third-order valence-corrected chi connectivity index (χ3v) is 2.12. The van der Waals surface area contributed by atoms with Crippen LogP contribution in [0.1, 0.15) is 27.0 Å². The van der Waals surface area contributed by atoms with E-state index < -0.39 is 11.7 Å². The first-order valence-electron chi connectivity index (χ1n) is 4.40. The van der Waals surface area contributed by atoms with Gasteiger partial charge in [-0.05, 0) is 17.7 Å². The summed E-state index contributed by atoms with van der Waals surface area (Å²) < 4.78 is 37.3. The summed E-state index contributed by atoms with van der Waals surface area (Å²) in [5.74, 6) is 0. The molecule has 0 fully saturated rings. The van der Waals surface area contributed by atoms with Crippen molar-refractivity contribution in [1.29, 1.82) is 10.5 Å². The van der Waals surface area contributed by atoms with Crippen molar-refractivity contribution in [3.63, 3.8) is 0 Å². The summed E-state index contributed by atoms with van der Waals surface area (Å²) in [7, 11) is 0. The Kier molecular flexibility index (Phi) is 3.49. The molecule has 86 valence electrons. The summed E-state index contributed by atoms with van der Waals surface area (Å²) >= 11 is 0. The van der Waals surface area contributed by atoms with Crippen molar-refractivity contribution >= 4 is 6.29 Å². The number of carbonyl (C=O) groups is 1. The molecular formula is C11H5F3N2O. The maximum atomic E-state index is 12.4. The van der Waals surface area contributed by atoms with E-state index in [-0.39, 0.29) is 29.4 Å². The molecule has 3 nitrogen and oxygen atoms in total. The Morgan fingerprint density at radius 3 is 2.35 bits per heavy atom. The van der Waals surface area contributed by atoms with Gasteiger partial charge in [0.25, 0.3) is 0 Å². The molecule has 1 rings (SSSR count). The zero-order valence-corrected chi connectivity index (χ0v) is 8.38. The Balaban J connectivity index is 3.52. The first-order valence-corrected chi connectivity index (χ1v) is 4.40. The van der Waals surface area contributed by atoms with Crippen LogP contribution >= 0.6 is 0 Å². The highest BCUT2D eigenvalue weighted by Crippen LogP contribution is 2.31. The van der Waals surface area contributed by atoms with Gasteiger partial charge >= 0.3 is 6.18 Å². The van der Waals surface area contributed by atoms with Crippen LogP contribution in [-0.4, -0.2) is 6.29 Å². The molecule has 0 spiro atoms. The lowest BCUT2D eigenvalue weighted by molar-refractivity contribution is -0.137. The molecule has 17 heavy (non-hydrogen) atoms. The number of carbonyl (C=O) groups excluding carboxylic acids is 1. The lowest BCUT2D eigenvalue weighted by atomic mass is 9.96. The fraction of sp³-hybridized carbons (Fsp3) is 0.182. The molecule has 0 unspecified atom stereocenters. The Bertz CT molecular complexity index is 535. The second-order valence-electron chi connectivity index (χ2n) is 3.15. The van der Waals surface area contributed by atoms with E-state index in [0.717, 1.165) is 0 Å². The fourth-order valence-electron chi connectivity index (χ4n) is 1.34. The Labute approximate surface area is 94.7 Å².